The monoisotopic (exact) mass is 337 g/mol. The summed E-state index contributed by atoms with van der Waals surface area (Å²) in [5.41, 5.74) is 5.20. The predicted molar refractivity (Wildman–Crippen MR) is 86.4 cm³/mol. The molecule has 124 valence electrons. The van der Waals surface area contributed by atoms with Crippen molar-refractivity contribution >= 4 is 31.9 Å². The van der Waals surface area contributed by atoms with Crippen molar-refractivity contribution in [1.82, 2.24) is 0 Å². The molecule has 0 rings (SSSR count). The second-order valence-corrected chi connectivity index (χ2v) is 11.7. The number of halogens is 1. The molecule has 5 nitrogen and oxygen atoms in total. The number of alkyl halides is 1. The second-order valence-electron chi connectivity index (χ2n) is 6.69. The van der Waals surface area contributed by atoms with Gasteiger partial charge in [-0.25, -0.2) is 0 Å². The lowest BCUT2D eigenvalue weighted by atomic mass is 9.88. The lowest BCUT2D eigenvalue weighted by Gasteiger charge is -2.25. The van der Waals surface area contributed by atoms with Gasteiger partial charge in [0.15, 0.2) is 5.56 Å². The molecule has 7 heteroatoms. The van der Waals surface area contributed by atoms with Crippen LogP contribution in [0.1, 0.15) is 33.6 Å². The highest BCUT2D eigenvalue weighted by Crippen LogP contribution is 2.21. The molecule has 0 saturated heterocycles. The summed E-state index contributed by atoms with van der Waals surface area (Å²) in [6.45, 7) is 11.4. The first-order chi connectivity index (χ1) is 9.42. The number of hydrogen-bond acceptors (Lipinski definition) is 5. The van der Waals surface area contributed by atoms with Gasteiger partial charge in [0, 0.05) is 6.42 Å². The van der Waals surface area contributed by atoms with Gasteiger partial charge in [0.1, 0.15) is 6.04 Å². The SMILES string of the molecule is CC(C)CC(CC(=O)O[Si](C)(C)C)C(N)C(=O)OC(C)Cl. The van der Waals surface area contributed by atoms with E-state index in [0.717, 1.165) is 0 Å². The first kappa shape index (κ1) is 20.4. The van der Waals surface area contributed by atoms with Gasteiger partial charge in [0.2, 0.25) is 8.32 Å². The summed E-state index contributed by atoms with van der Waals surface area (Å²) in [6, 6.07) is -0.872. The van der Waals surface area contributed by atoms with E-state index in [4.69, 9.17) is 26.5 Å². The lowest BCUT2D eigenvalue weighted by Crippen LogP contribution is -2.42. The molecule has 0 amide bonds. The smallest absolute Gasteiger partial charge is 0.324 e. The molecule has 0 aliphatic rings. The summed E-state index contributed by atoms with van der Waals surface area (Å²) in [6.07, 6.45) is 0.767. The number of nitrogens with two attached hydrogens (primary N) is 1. The molecular formula is C14H28ClNO4Si. The zero-order chi connectivity index (χ0) is 16.8. The maximum Gasteiger partial charge on any atom is 0.324 e. The van der Waals surface area contributed by atoms with Gasteiger partial charge in [0.05, 0.1) is 0 Å². The highest BCUT2D eigenvalue weighted by Gasteiger charge is 2.31. The van der Waals surface area contributed by atoms with Crippen molar-refractivity contribution in [3.8, 4) is 0 Å². The predicted octanol–water partition coefficient (Wildman–Crippen LogP) is 2.87. The molecule has 0 spiro atoms. The second kappa shape index (κ2) is 8.75. The van der Waals surface area contributed by atoms with E-state index in [-0.39, 0.29) is 18.3 Å². The van der Waals surface area contributed by atoms with Gasteiger partial charge in [-0.15, -0.1) is 0 Å². The number of carbonyl (C=O) groups is 2. The molecule has 3 atom stereocenters. The van der Waals surface area contributed by atoms with Crippen LogP contribution in [0.5, 0.6) is 0 Å². The van der Waals surface area contributed by atoms with Gasteiger partial charge in [-0.1, -0.05) is 25.4 Å². The van der Waals surface area contributed by atoms with E-state index in [1.54, 1.807) is 6.92 Å². The first-order valence-electron chi connectivity index (χ1n) is 7.24. The number of esters is 1. The highest BCUT2D eigenvalue weighted by atomic mass is 35.5. The van der Waals surface area contributed by atoms with Crippen molar-refractivity contribution in [3.05, 3.63) is 0 Å². The molecule has 0 aromatic heterocycles. The van der Waals surface area contributed by atoms with Crippen LogP contribution in [-0.4, -0.2) is 31.9 Å². The van der Waals surface area contributed by atoms with Gasteiger partial charge < -0.3 is 14.9 Å². The van der Waals surface area contributed by atoms with Crippen LogP contribution >= 0.6 is 11.6 Å². The van der Waals surface area contributed by atoms with E-state index in [2.05, 4.69) is 0 Å². The molecule has 0 aromatic rings. The van der Waals surface area contributed by atoms with E-state index >= 15 is 0 Å². The summed E-state index contributed by atoms with van der Waals surface area (Å²) in [5.74, 6) is -0.885. The van der Waals surface area contributed by atoms with Gasteiger partial charge in [-0.05, 0) is 44.8 Å². The molecule has 0 aromatic carbocycles. The summed E-state index contributed by atoms with van der Waals surface area (Å²) >= 11 is 5.64. The molecule has 0 fully saturated rings. The fourth-order valence-corrected chi connectivity index (χ4v) is 2.84. The minimum atomic E-state index is -1.94. The van der Waals surface area contributed by atoms with E-state index < -0.39 is 25.9 Å². The summed E-state index contributed by atoms with van der Waals surface area (Å²) in [5, 5.41) is 0. The minimum Gasteiger partial charge on any atom is -0.520 e. The summed E-state index contributed by atoms with van der Waals surface area (Å²) < 4.78 is 10.3. The average Bonchev–Trinajstić information content (AvgIpc) is 2.22. The zero-order valence-electron chi connectivity index (χ0n) is 13.8. The van der Waals surface area contributed by atoms with Crippen LogP contribution in [0.4, 0.5) is 0 Å². The van der Waals surface area contributed by atoms with Gasteiger partial charge in [-0.2, -0.15) is 0 Å². The summed E-state index contributed by atoms with van der Waals surface area (Å²) in [4.78, 5) is 23.8. The van der Waals surface area contributed by atoms with Crippen LogP contribution in [0.25, 0.3) is 0 Å². The minimum absolute atomic E-state index is 0.120. The Morgan fingerprint density at radius 3 is 2.10 bits per heavy atom. The molecule has 0 saturated carbocycles. The highest BCUT2D eigenvalue weighted by molar-refractivity contribution is 6.71. The molecule has 0 bridgehead atoms. The largest absolute Gasteiger partial charge is 0.520 e. The van der Waals surface area contributed by atoms with Crippen LogP contribution < -0.4 is 5.73 Å². The Labute approximate surface area is 133 Å². The quantitative estimate of drug-likeness (QED) is 0.418. The Kier molecular flexibility index (Phi) is 8.51. The Morgan fingerprint density at radius 1 is 1.19 bits per heavy atom. The first-order valence-corrected chi connectivity index (χ1v) is 11.1. The van der Waals surface area contributed by atoms with E-state index in [1.807, 2.05) is 33.5 Å². The molecule has 0 heterocycles. The third-order valence-electron chi connectivity index (χ3n) is 2.68. The van der Waals surface area contributed by atoms with E-state index in [9.17, 15) is 9.59 Å². The Morgan fingerprint density at radius 2 is 1.71 bits per heavy atom. The van der Waals surface area contributed by atoms with E-state index in [0.29, 0.717) is 12.3 Å². The fraction of sp³-hybridized carbons (Fsp3) is 0.857. The molecule has 3 unspecified atom stereocenters. The molecule has 0 radical (unpaired) electrons. The van der Waals surface area contributed by atoms with Crippen molar-refractivity contribution in [2.75, 3.05) is 0 Å². The maximum atomic E-state index is 12.0. The van der Waals surface area contributed by atoms with Crippen LogP contribution in [0.15, 0.2) is 0 Å². The Hall–Kier alpha value is -0.593. The molecule has 0 aliphatic carbocycles. The Bertz CT molecular complexity index is 355. The number of rotatable bonds is 8. The van der Waals surface area contributed by atoms with E-state index in [1.165, 1.54) is 0 Å². The number of ether oxygens (including phenoxy) is 1. The van der Waals surface area contributed by atoms with Crippen molar-refractivity contribution < 1.29 is 18.8 Å². The molecule has 21 heavy (non-hydrogen) atoms. The standard InChI is InChI=1S/C14H28ClNO4Si/c1-9(2)7-11(8-12(17)20-21(4,5)6)13(16)14(18)19-10(3)15/h9-11,13H,7-8,16H2,1-6H3. The lowest BCUT2D eigenvalue weighted by molar-refractivity contribution is -0.148. The van der Waals surface area contributed by atoms with Gasteiger partial charge >= 0.3 is 5.97 Å². The molecule has 2 N–H and O–H groups in total. The molecule has 0 aliphatic heterocycles. The maximum absolute atomic E-state index is 12.0. The van der Waals surface area contributed by atoms with Crippen LogP contribution in [-0.2, 0) is 18.8 Å². The van der Waals surface area contributed by atoms with Crippen molar-refractivity contribution in [2.24, 2.45) is 17.6 Å². The van der Waals surface area contributed by atoms with Crippen LogP contribution in [0.2, 0.25) is 19.6 Å². The molecular weight excluding hydrogens is 310 g/mol. The normalized spacial score (nSPS) is 16.2. The third-order valence-corrected chi connectivity index (χ3v) is 3.61. The van der Waals surface area contributed by atoms with Crippen molar-refractivity contribution in [2.45, 2.75) is 64.9 Å². The third kappa shape index (κ3) is 9.87. The number of carbonyl (C=O) groups excluding carboxylic acids is 2. The Balaban J connectivity index is 4.79. The fourth-order valence-electron chi connectivity index (χ4n) is 1.99. The van der Waals surface area contributed by atoms with Crippen molar-refractivity contribution in [3.63, 3.8) is 0 Å². The van der Waals surface area contributed by atoms with Gasteiger partial charge in [0.25, 0.3) is 5.97 Å². The zero-order valence-corrected chi connectivity index (χ0v) is 15.6. The number of hydrogen-bond donors (Lipinski definition) is 1. The van der Waals surface area contributed by atoms with Gasteiger partial charge in [-0.3, -0.25) is 9.59 Å². The van der Waals surface area contributed by atoms with Crippen LogP contribution in [0, 0.1) is 11.8 Å². The van der Waals surface area contributed by atoms with Crippen LogP contribution in [0.3, 0.4) is 0 Å². The summed E-state index contributed by atoms with van der Waals surface area (Å²) in [7, 11) is -1.94. The average molecular weight is 338 g/mol. The van der Waals surface area contributed by atoms with Crippen molar-refractivity contribution in [1.29, 1.82) is 0 Å². The topological polar surface area (TPSA) is 78.6 Å².